The van der Waals surface area contributed by atoms with Gasteiger partial charge in [0.1, 0.15) is 10.7 Å². The number of nitrogens with two attached hydrogens (primary N) is 1. The summed E-state index contributed by atoms with van der Waals surface area (Å²) in [5, 5.41) is -0.583. The lowest BCUT2D eigenvalue weighted by atomic mass is 10.4. The fourth-order valence-corrected chi connectivity index (χ4v) is 3.64. The molecule has 0 radical (unpaired) electrons. The highest BCUT2D eigenvalue weighted by atomic mass is 32.2. The zero-order valence-electron chi connectivity index (χ0n) is 10.8. The summed E-state index contributed by atoms with van der Waals surface area (Å²) >= 11 is 0. The fraction of sp³-hybridized carbons (Fsp3) is 0.600. The van der Waals surface area contributed by atoms with Crippen molar-refractivity contribution in [1.29, 1.82) is 0 Å². The second kappa shape index (κ2) is 5.96. The Morgan fingerprint density at radius 1 is 0.944 bits per heavy atom. The summed E-state index contributed by atoms with van der Waals surface area (Å²) in [4.78, 5) is 1.19. The van der Waals surface area contributed by atoms with Crippen LogP contribution in [0, 0.1) is 0 Å². The molecule has 3 atom stereocenters. The van der Waals surface area contributed by atoms with Crippen LogP contribution in [0.1, 0.15) is 20.8 Å². The summed E-state index contributed by atoms with van der Waals surface area (Å²) in [6.07, 6.45) is -0.751. The van der Waals surface area contributed by atoms with Crippen molar-refractivity contribution in [2.75, 3.05) is 0 Å². The van der Waals surface area contributed by atoms with Gasteiger partial charge in [-0.3, -0.25) is 4.90 Å². The molecular weight excluding hydrogens is 276 g/mol. The summed E-state index contributed by atoms with van der Waals surface area (Å²) in [5.41, 5.74) is 5.67. The third-order valence-corrected chi connectivity index (χ3v) is 6.04. The predicted octanol–water partition coefficient (Wildman–Crippen LogP) is 0.402. The standard InChI is InChI=1S/C10H20N2O4S2/c1-6-17(13,14)9(4)12(8(3)11)10(5)18(15,16)7-2/h6-10H,1-2,11H2,3-5H3. The van der Waals surface area contributed by atoms with Crippen LogP contribution in [0.5, 0.6) is 0 Å². The van der Waals surface area contributed by atoms with Crippen LogP contribution < -0.4 is 5.73 Å². The molecule has 0 aliphatic carbocycles. The third-order valence-electron chi connectivity index (χ3n) is 2.73. The Balaban J connectivity index is 5.63. The molecule has 106 valence electrons. The van der Waals surface area contributed by atoms with Gasteiger partial charge in [-0.25, -0.2) is 16.8 Å². The van der Waals surface area contributed by atoms with Gasteiger partial charge in [0, 0.05) is 10.8 Å². The van der Waals surface area contributed by atoms with Gasteiger partial charge >= 0.3 is 0 Å². The monoisotopic (exact) mass is 296 g/mol. The Morgan fingerprint density at radius 3 is 1.39 bits per heavy atom. The summed E-state index contributed by atoms with van der Waals surface area (Å²) in [5.74, 6) is 0. The van der Waals surface area contributed by atoms with Crippen LogP contribution in [0.2, 0.25) is 0 Å². The first-order valence-electron chi connectivity index (χ1n) is 5.27. The molecule has 8 heteroatoms. The van der Waals surface area contributed by atoms with Crippen molar-refractivity contribution in [3.8, 4) is 0 Å². The van der Waals surface area contributed by atoms with E-state index in [0.717, 1.165) is 10.8 Å². The number of sulfone groups is 2. The maximum absolute atomic E-state index is 11.7. The van der Waals surface area contributed by atoms with Gasteiger partial charge in [0.05, 0.1) is 6.17 Å². The van der Waals surface area contributed by atoms with E-state index in [1.54, 1.807) is 0 Å². The fourth-order valence-electron chi connectivity index (χ4n) is 1.58. The summed E-state index contributed by atoms with van der Waals surface area (Å²) < 4.78 is 46.9. The Bertz CT molecular complexity index is 464. The Hall–Kier alpha value is -0.700. The van der Waals surface area contributed by atoms with Crippen molar-refractivity contribution < 1.29 is 16.8 Å². The van der Waals surface area contributed by atoms with Gasteiger partial charge in [0.25, 0.3) is 0 Å². The summed E-state index contributed by atoms with van der Waals surface area (Å²) in [6, 6.07) is 0. The predicted molar refractivity (Wildman–Crippen MR) is 72.6 cm³/mol. The number of nitrogens with zero attached hydrogens (tertiary/aromatic N) is 1. The highest BCUT2D eigenvalue weighted by Gasteiger charge is 2.35. The quantitative estimate of drug-likeness (QED) is 0.683. The van der Waals surface area contributed by atoms with E-state index in [0.29, 0.717) is 0 Å². The second-order valence-corrected chi connectivity index (χ2v) is 8.29. The first-order chi connectivity index (χ1) is 8.01. The van der Waals surface area contributed by atoms with Gasteiger partial charge < -0.3 is 5.73 Å². The van der Waals surface area contributed by atoms with Gasteiger partial charge in [-0.05, 0) is 20.8 Å². The lowest BCUT2D eigenvalue weighted by molar-refractivity contribution is 0.186. The maximum atomic E-state index is 11.7. The molecule has 0 amide bonds. The number of rotatable bonds is 7. The van der Waals surface area contributed by atoms with Crippen LogP contribution in [0.15, 0.2) is 24.0 Å². The Labute approximate surface area is 109 Å². The number of hydrogen-bond acceptors (Lipinski definition) is 6. The molecule has 0 aliphatic heterocycles. The summed E-state index contributed by atoms with van der Waals surface area (Å²) in [6.45, 7) is 10.7. The minimum absolute atomic E-state index is 0.751. The van der Waals surface area contributed by atoms with E-state index in [9.17, 15) is 16.8 Å². The topological polar surface area (TPSA) is 97.5 Å². The molecule has 6 nitrogen and oxygen atoms in total. The second-order valence-electron chi connectivity index (χ2n) is 3.90. The highest BCUT2D eigenvalue weighted by Crippen LogP contribution is 2.19. The van der Waals surface area contributed by atoms with Crippen molar-refractivity contribution in [3.63, 3.8) is 0 Å². The van der Waals surface area contributed by atoms with E-state index >= 15 is 0 Å². The van der Waals surface area contributed by atoms with E-state index in [1.165, 1.54) is 25.7 Å². The molecule has 0 saturated carbocycles. The molecule has 0 aromatic heterocycles. The van der Waals surface area contributed by atoms with E-state index in [2.05, 4.69) is 13.2 Å². The van der Waals surface area contributed by atoms with Crippen molar-refractivity contribution in [1.82, 2.24) is 4.90 Å². The van der Waals surface area contributed by atoms with Crippen LogP contribution in [0.25, 0.3) is 0 Å². The normalized spacial score (nSPS) is 18.1. The van der Waals surface area contributed by atoms with Gasteiger partial charge in [-0.2, -0.15) is 0 Å². The first-order valence-corrected chi connectivity index (χ1v) is 8.48. The third kappa shape index (κ3) is 3.64. The van der Waals surface area contributed by atoms with Crippen LogP contribution >= 0.6 is 0 Å². The minimum atomic E-state index is -3.64. The van der Waals surface area contributed by atoms with Crippen LogP contribution in [-0.4, -0.2) is 38.6 Å². The van der Waals surface area contributed by atoms with Gasteiger partial charge in [-0.1, -0.05) is 13.2 Å². The molecule has 0 aromatic carbocycles. The van der Waals surface area contributed by atoms with E-state index in [4.69, 9.17) is 5.73 Å². The van der Waals surface area contributed by atoms with Crippen molar-refractivity contribution in [2.45, 2.75) is 37.7 Å². The molecule has 2 N–H and O–H groups in total. The van der Waals surface area contributed by atoms with E-state index < -0.39 is 36.6 Å². The average Bonchev–Trinajstić information content (AvgIpc) is 2.28. The molecule has 0 saturated heterocycles. The van der Waals surface area contributed by atoms with Gasteiger partial charge in [0.2, 0.25) is 0 Å². The first kappa shape index (κ1) is 17.3. The molecule has 3 unspecified atom stereocenters. The summed E-state index contributed by atoms with van der Waals surface area (Å²) in [7, 11) is -7.29. The van der Waals surface area contributed by atoms with Crippen molar-refractivity contribution in [3.05, 3.63) is 24.0 Å². The zero-order chi connectivity index (χ0) is 14.7. The number of hydrogen-bond donors (Lipinski definition) is 1. The van der Waals surface area contributed by atoms with Crippen molar-refractivity contribution in [2.24, 2.45) is 5.73 Å². The van der Waals surface area contributed by atoms with Crippen LogP contribution in [0.3, 0.4) is 0 Å². The minimum Gasteiger partial charge on any atom is -0.316 e. The largest absolute Gasteiger partial charge is 0.316 e. The zero-order valence-corrected chi connectivity index (χ0v) is 12.4. The molecule has 0 fully saturated rings. The molecule has 0 aromatic rings. The molecule has 0 bridgehead atoms. The Kier molecular flexibility index (Phi) is 5.73. The Morgan fingerprint density at radius 2 is 1.22 bits per heavy atom. The highest BCUT2D eigenvalue weighted by molar-refractivity contribution is 7.95. The van der Waals surface area contributed by atoms with Gasteiger partial charge in [0.15, 0.2) is 19.7 Å². The van der Waals surface area contributed by atoms with E-state index in [1.807, 2.05) is 0 Å². The smallest absolute Gasteiger partial charge is 0.186 e. The molecule has 18 heavy (non-hydrogen) atoms. The van der Waals surface area contributed by atoms with E-state index in [-0.39, 0.29) is 0 Å². The lowest BCUT2D eigenvalue weighted by Gasteiger charge is -2.35. The maximum Gasteiger partial charge on any atom is 0.186 e. The SMILES string of the molecule is C=CS(=O)(=O)C(C)N(C(C)N)C(C)S(=O)(=O)C=C. The molecule has 0 heterocycles. The van der Waals surface area contributed by atoms with Gasteiger partial charge in [-0.15, -0.1) is 0 Å². The lowest BCUT2D eigenvalue weighted by Crippen LogP contribution is -2.54. The van der Waals surface area contributed by atoms with Crippen molar-refractivity contribution >= 4 is 19.7 Å². The van der Waals surface area contributed by atoms with Crippen LogP contribution in [0.4, 0.5) is 0 Å². The molecule has 0 aliphatic rings. The molecule has 0 rings (SSSR count). The van der Waals surface area contributed by atoms with Crippen LogP contribution in [-0.2, 0) is 19.7 Å². The molecular formula is C10H20N2O4S2. The molecule has 0 spiro atoms. The average molecular weight is 296 g/mol.